The number of benzene rings is 4. The van der Waals surface area contributed by atoms with Crippen LogP contribution in [0.1, 0.15) is 24.0 Å². The van der Waals surface area contributed by atoms with Crippen LogP contribution in [0.15, 0.2) is 84.9 Å². The summed E-state index contributed by atoms with van der Waals surface area (Å²) >= 11 is 1.01. The van der Waals surface area contributed by atoms with Crippen LogP contribution < -0.4 is 19.5 Å². The lowest BCUT2D eigenvalue weighted by Gasteiger charge is -2.19. The topological polar surface area (TPSA) is 111 Å². The quantitative estimate of drug-likeness (QED) is 0.207. The fourth-order valence-corrected chi connectivity index (χ4v) is 5.71. The number of amides is 2. The predicted molar refractivity (Wildman–Crippen MR) is 162 cm³/mol. The molecule has 1 heterocycles. The van der Waals surface area contributed by atoms with Crippen molar-refractivity contribution in [3.63, 3.8) is 0 Å². The summed E-state index contributed by atoms with van der Waals surface area (Å²) in [4.78, 5) is 35.3. The third-order valence-electron chi connectivity index (χ3n) is 7.09. The number of ether oxygens (including phenoxy) is 3. The number of hydrogen-bond donors (Lipinski definition) is 2. The van der Waals surface area contributed by atoms with Crippen LogP contribution in [0.25, 0.3) is 22.3 Å². The molecule has 1 saturated heterocycles. The van der Waals surface area contributed by atoms with Gasteiger partial charge in [0.25, 0.3) is 5.24 Å². The number of nitrogens with one attached hydrogen (secondary N) is 1. The number of thioether (sulfide) groups is 1. The van der Waals surface area contributed by atoms with E-state index >= 15 is 0 Å². The van der Waals surface area contributed by atoms with Crippen LogP contribution in [-0.4, -0.2) is 41.7 Å². The van der Waals surface area contributed by atoms with Crippen LogP contribution in [-0.2, 0) is 16.0 Å². The first kappa shape index (κ1) is 28.8. The number of carboxylic acids is 1. The van der Waals surface area contributed by atoms with Crippen LogP contribution >= 0.6 is 11.8 Å². The SMILES string of the molecule is COc1cc(OC)cc(-c2cccc(C(C)C(=O)O)c2-c2ccc(Oc3ccc(CC4SC(=O)NC4=O)cc3)cc2)c1. The van der Waals surface area contributed by atoms with Crippen molar-refractivity contribution in [2.24, 2.45) is 0 Å². The molecule has 4 aromatic carbocycles. The zero-order chi connectivity index (χ0) is 29.8. The third-order valence-corrected chi connectivity index (χ3v) is 8.07. The molecule has 214 valence electrons. The number of carbonyl (C=O) groups is 3. The van der Waals surface area contributed by atoms with E-state index in [0.29, 0.717) is 35.0 Å². The van der Waals surface area contributed by atoms with Gasteiger partial charge in [-0.15, -0.1) is 0 Å². The fraction of sp³-hybridized carbons (Fsp3) is 0.182. The van der Waals surface area contributed by atoms with Crippen molar-refractivity contribution in [3.8, 4) is 45.3 Å². The average Bonchev–Trinajstić information content (AvgIpc) is 3.33. The normalized spacial score (nSPS) is 15.2. The second-order valence-electron chi connectivity index (χ2n) is 9.79. The number of imide groups is 1. The molecule has 2 unspecified atom stereocenters. The van der Waals surface area contributed by atoms with Gasteiger partial charge in [-0.2, -0.15) is 0 Å². The van der Waals surface area contributed by atoms with Crippen molar-refractivity contribution in [2.75, 3.05) is 14.2 Å². The van der Waals surface area contributed by atoms with Crippen LogP contribution in [0.4, 0.5) is 4.79 Å². The Kier molecular flexibility index (Phi) is 8.49. The van der Waals surface area contributed by atoms with Crippen LogP contribution in [0.2, 0.25) is 0 Å². The van der Waals surface area contributed by atoms with Gasteiger partial charge in [-0.05, 0) is 83.1 Å². The highest BCUT2D eigenvalue weighted by molar-refractivity contribution is 8.15. The van der Waals surface area contributed by atoms with E-state index in [9.17, 15) is 19.5 Å². The van der Waals surface area contributed by atoms with Gasteiger partial charge in [0.2, 0.25) is 5.91 Å². The number of carboxylic acid groups (broad SMARTS) is 1. The van der Waals surface area contributed by atoms with Crippen LogP contribution in [0.5, 0.6) is 23.0 Å². The molecular formula is C33H29NO7S. The van der Waals surface area contributed by atoms with Gasteiger partial charge in [0.15, 0.2) is 0 Å². The van der Waals surface area contributed by atoms with Crippen molar-refractivity contribution in [1.29, 1.82) is 0 Å². The Bertz CT molecular complexity index is 1610. The minimum Gasteiger partial charge on any atom is -0.497 e. The van der Waals surface area contributed by atoms with E-state index in [0.717, 1.165) is 39.6 Å². The summed E-state index contributed by atoms with van der Waals surface area (Å²) in [6.07, 6.45) is 0.451. The van der Waals surface area contributed by atoms with Gasteiger partial charge in [-0.25, -0.2) is 0 Å². The number of rotatable bonds is 10. The lowest BCUT2D eigenvalue weighted by Crippen LogP contribution is -2.25. The molecule has 8 nitrogen and oxygen atoms in total. The summed E-state index contributed by atoms with van der Waals surface area (Å²) < 4.78 is 17.0. The van der Waals surface area contributed by atoms with Gasteiger partial charge in [0, 0.05) is 6.07 Å². The Hall–Kier alpha value is -4.76. The van der Waals surface area contributed by atoms with E-state index < -0.39 is 17.1 Å². The molecule has 2 atom stereocenters. The first-order chi connectivity index (χ1) is 20.2. The average molecular weight is 584 g/mol. The van der Waals surface area contributed by atoms with Gasteiger partial charge >= 0.3 is 5.97 Å². The monoisotopic (exact) mass is 583 g/mol. The Balaban J connectivity index is 1.43. The molecular weight excluding hydrogens is 554 g/mol. The summed E-state index contributed by atoms with van der Waals surface area (Å²) in [5.41, 5.74) is 4.91. The van der Waals surface area contributed by atoms with E-state index in [1.165, 1.54) is 0 Å². The number of hydrogen-bond acceptors (Lipinski definition) is 7. The largest absolute Gasteiger partial charge is 0.497 e. The molecule has 1 aliphatic heterocycles. The maximum atomic E-state index is 12.0. The molecule has 4 aromatic rings. The molecule has 0 aromatic heterocycles. The Morgan fingerprint density at radius 3 is 2.02 bits per heavy atom. The molecule has 0 radical (unpaired) electrons. The van der Waals surface area contributed by atoms with Crippen molar-refractivity contribution in [2.45, 2.75) is 24.5 Å². The van der Waals surface area contributed by atoms with Crippen LogP contribution in [0.3, 0.4) is 0 Å². The second kappa shape index (κ2) is 12.4. The highest BCUT2D eigenvalue weighted by atomic mass is 32.2. The standard InChI is InChI=1S/C33H29NO7S/c1-19(32(36)37)27-5-4-6-28(22-16-25(39-2)18-26(17-22)40-3)30(27)21-9-13-24(14-10-21)41-23-11-7-20(8-12-23)15-29-31(35)34-33(38)42-29/h4-14,16-19,29H,15H2,1-3H3,(H,36,37)(H,34,35,38). The van der Waals surface area contributed by atoms with E-state index in [1.807, 2.05) is 78.9 Å². The third kappa shape index (κ3) is 6.26. The summed E-state index contributed by atoms with van der Waals surface area (Å²) in [6.45, 7) is 1.67. The highest BCUT2D eigenvalue weighted by Gasteiger charge is 2.31. The van der Waals surface area contributed by atoms with Gasteiger partial charge in [0.1, 0.15) is 23.0 Å². The second-order valence-corrected chi connectivity index (χ2v) is 11.0. The molecule has 1 fully saturated rings. The zero-order valence-corrected chi connectivity index (χ0v) is 24.1. The maximum absolute atomic E-state index is 12.0. The van der Waals surface area contributed by atoms with Crippen molar-refractivity contribution < 1.29 is 33.7 Å². The molecule has 0 saturated carbocycles. The molecule has 2 N–H and O–H groups in total. The van der Waals surface area contributed by atoms with Crippen molar-refractivity contribution in [3.05, 3.63) is 96.1 Å². The summed E-state index contributed by atoms with van der Waals surface area (Å²) in [7, 11) is 3.17. The molecule has 2 amide bonds. The lowest BCUT2D eigenvalue weighted by molar-refractivity contribution is -0.138. The van der Waals surface area contributed by atoms with E-state index in [2.05, 4.69) is 5.32 Å². The summed E-state index contributed by atoms with van der Waals surface area (Å²) in [6, 6.07) is 26.1. The van der Waals surface area contributed by atoms with Crippen molar-refractivity contribution >= 4 is 28.9 Å². The maximum Gasteiger partial charge on any atom is 0.310 e. The molecule has 0 spiro atoms. The summed E-state index contributed by atoms with van der Waals surface area (Å²) in [5, 5.41) is 11.4. The number of aliphatic carboxylic acids is 1. The highest BCUT2D eigenvalue weighted by Crippen LogP contribution is 2.41. The van der Waals surface area contributed by atoms with E-state index in [4.69, 9.17) is 14.2 Å². The Morgan fingerprint density at radius 1 is 0.857 bits per heavy atom. The number of methoxy groups -OCH3 is 2. The van der Waals surface area contributed by atoms with Gasteiger partial charge < -0.3 is 19.3 Å². The zero-order valence-electron chi connectivity index (χ0n) is 23.2. The molecule has 5 rings (SSSR count). The minimum absolute atomic E-state index is 0.265. The molecule has 42 heavy (non-hydrogen) atoms. The first-order valence-electron chi connectivity index (χ1n) is 13.2. The predicted octanol–water partition coefficient (Wildman–Crippen LogP) is 6.91. The smallest absolute Gasteiger partial charge is 0.310 e. The van der Waals surface area contributed by atoms with E-state index in [-0.39, 0.29) is 11.1 Å². The van der Waals surface area contributed by atoms with E-state index in [1.54, 1.807) is 27.2 Å². The Morgan fingerprint density at radius 2 is 1.48 bits per heavy atom. The first-order valence-corrected chi connectivity index (χ1v) is 14.1. The minimum atomic E-state index is -0.918. The molecule has 0 aliphatic carbocycles. The van der Waals surface area contributed by atoms with Gasteiger partial charge in [-0.1, -0.05) is 54.2 Å². The molecule has 1 aliphatic rings. The summed E-state index contributed by atoms with van der Waals surface area (Å²) in [5.74, 6) is 0.554. The van der Waals surface area contributed by atoms with Crippen LogP contribution in [0, 0.1) is 0 Å². The number of carbonyl (C=O) groups excluding carboxylic acids is 2. The molecule has 9 heteroatoms. The lowest BCUT2D eigenvalue weighted by atomic mass is 9.85. The van der Waals surface area contributed by atoms with Gasteiger partial charge in [0.05, 0.1) is 25.4 Å². The molecule has 0 bridgehead atoms. The Labute approximate surface area is 247 Å². The fourth-order valence-electron chi connectivity index (χ4n) is 4.85. The van der Waals surface area contributed by atoms with Gasteiger partial charge in [-0.3, -0.25) is 19.7 Å². The van der Waals surface area contributed by atoms with Crippen molar-refractivity contribution in [1.82, 2.24) is 5.32 Å².